The summed E-state index contributed by atoms with van der Waals surface area (Å²) in [6.45, 7) is 1.97. The Kier molecular flexibility index (Phi) is 3.20. The van der Waals surface area contributed by atoms with E-state index in [1.165, 1.54) is 10.8 Å². The molecule has 0 amide bonds. The van der Waals surface area contributed by atoms with E-state index in [0.717, 1.165) is 11.3 Å². The van der Waals surface area contributed by atoms with E-state index in [1.54, 1.807) is 10.8 Å². The molecule has 112 valence electrons. The molecule has 0 spiro atoms. The van der Waals surface area contributed by atoms with E-state index in [-0.39, 0.29) is 0 Å². The van der Waals surface area contributed by atoms with Gasteiger partial charge in [0.1, 0.15) is 6.33 Å². The Morgan fingerprint density at radius 2 is 1.91 bits per heavy atom. The summed E-state index contributed by atoms with van der Waals surface area (Å²) in [6, 6.07) is 18.2. The van der Waals surface area contributed by atoms with Crippen LogP contribution in [-0.2, 0) is 0 Å². The lowest BCUT2D eigenvalue weighted by Crippen LogP contribution is -2.02. The maximum atomic E-state index is 4.41. The quantitative estimate of drug-likeness (QED) is 0.466. The number of nitrogens with zero attached hydrogens (tertiary/aromatic N) is 5. The topological polar surface area (TPSA) is 67.5 Å². The molecule has 0 radical (unpaired) electrons. The van der Waals surface area contributed by atoms with E-state index in [9.17, 15) is 0 Å². The van der Waals surface area contributed by atoms with Gasteiger partial charge in [-0.25, -0.2) is 0 Å². The minimum atomic E-state index is 0.637. The van der Waals surface area contributed by atoms with Gasteiger partial charge in [0.25, 0.3) is 0 Å². The number of aromatic nitrogens is 4. The molecule has 0 aliphatic rings. The minimum absolute atomic E-state index is 0.637. The molecule has 6 heteroatoms. The van der Waals surface area contributed by atoms with Crippen LogP contribution in [0.3, 0.4) is 0 Å². The largest absolute Gasteiger partial charge is 0.260 e. The van der Waals surface area contributed by atoms with Crippen LogP contribution in [0, 0.1) is 0 Å². The zero-order valence-electron chi connectivity index (χ0n) is 12.5. The molecular formula is C17H14N6. The Hall–Kier alpha value is -3.28. The zero-order valence-corrected chi connectivity index (χ0v) is 12.5. The highest BCUT2D eigenvalue weighted by Crippen LogP contribution is 2.16. The lowest BCUT2D eigenvalue weighted by molar-refractivity contribution is 0.924. The molecular weight excluding hydrogens is 288 g/mol. The molecule has 0 bridgehead atoms. The highest BCUT2D eigenvalue weighted by molar-refractivity contribution is 6.02. The van der Waals surface area contributed by atoms with Crippen molar-refractivity contribution in [3.8, 4) is 0 Å². The normalized spacial score (nSPS) is 12.0. The molecule has 0 saturated carbocycles. The van der Waals surface area contributed by atoms with Crippen molar-refractivity contribution >= 4 is 27.9 Å². The second-order valence-electron chi connectivity index (χ2n) is 5.22. The second kappa shape index (κ2) is 5.49. The molecule has 0 unspecified atom stereocenters. The second-order valence-corrected chi connectivity index (χ2v) is 5.22. The highest BCUT2D eigenvalue weighted by Gasteiger charge is 2.01. The van der Waals surface area contributed by atoms with Crippen LogP contribution in [0.1, 0.15) is 12.5 Å². The van der Waals surface area contributed by atoms with Gasteiger partial charge in [-0.2, -0.15) is 9.62 Å². The van der Waals surface area contributed by atoms with Crippen LogP contribution >= 0.6 is 0 Å². The van der Waals surface area contributed by atoms with Crippen LogP contribution < -0.4 is 5.43 Å². The van der Waals surface area contributed by atoms with Crippen molar-refractivity contribution < 1.29 is 0 Å². The zero-order chi connectivity index (χ0) is 15.6. The maximum Gasteiger partial charge on any atom is 0.177 e. The van der Waals surface area contributed by atoms with Crippen molar-refractivity contribution in [1.29, 1.82) is 0 Å². The predicted octanol–water partition coefficient (Wildman–Crippen LogP) is 3.11. The summed E-state index contributed by atoms with van der Waals surface area (Å²) in [5, 5.41) is 18.9. The van der Waals surface area contributed by atoms with Gasteiger partial charge in [-0.05, 0) is 41.5 Å². The smallest absolute Gasteiger partial charge is 0.177 e. The van der Waals surface area contributed by atoms with Gasteiger partial charge in [-0.3, -0.25) is 5.43 Å². The summed E-state index contributed by atoms with van der Waals surface area (Å²) in [4.78, 5) is 0. The number of benzene rings is 2. The Morgan fingerprint density at radius 3 is 2.83 bits per heavy atom. The Labute approximate surface area is 132 Å². The van der Waals surface area contributed by atoms with Gasteiger partial charge < -0.3 is 0 Å². The third-order valence-electron chi connectivity index (χ3n) is 3.67. The van der Waals surface area contributed by atoms with Crippen LogP contribution in [0.5, 0.6) is 0 Å². The highest BCUT2D eigenvalue weighted by atomic mass is 15.4. The summed E-state index contributed by atoms with van der Waals surface area (Å²) in [5.74, 6) is 0.637. The number of nitrogens with one attached hydrogen (secondary N) is 1. The summed E-state index contributed by atoms with van der Waals surface area (Å²) >= 11 is 0. The van der Waals surface area contributed by atoms with E-state index >= 15 is 0 Å². The molecule has 1 N–H and O–H groups in total. The first-order valence-electron chi connectivity index (χ1n) is 7.26. The summed E-state index contributed by atoms with van der Waals surface area (Å²) in [7, 11) is 0. The standard InChI is InChI=1S/C17H14N6/c1-12(14-7-6-13-4-2-3-5-15(13)10-14)19-20-16-8-9-17-21-18-11-23(17)22-16/h2-11H,1H3,(H,20,22)/b19-12+. The van der Waals surface area contributed by atoms with Gasteiger partial charge >= 0.3 is 0 Å². The summed E-state index contributed by atoms with van der Waals surface area (Å²) in [5.41, 5.74) is 5.63. The first kappa shape index (κ1) is 13.4. The minimum Gasteiger partial charge on any atom is -0.260 e. The lowest BCUT2D eigenvalue weighted by atomic mass is 10.0. The molecule has 4 aromatic rings. The number of hydrogen-bond donors (Lipinski definition) is 1. The number of hydrazone groups is 1. The number of rotatable bonds is 3. The van der Waals surface area contributed by atoms with Gasteiger partial charge in [0.2, 0.25) is 0 Å². The average Bonchev–Trinajstić information content (AvgIpc) is 3.07. The molecule has 23 heavy (non-hydrogen) atoms. The first-order chi connectivity index (χ1) is 11.3. The van der Waals surface area contributed by atoms with Crippen molar-refractivity contribution in [2.45, 2.75) is 6.92 Å². The van der Waals surface area contributed by atoms with Gasteiger partial charge in [0.05, 0.1) is 5.71 Å². The van der Waals surface area contributed by atoms with E-state index in [2.05, 4.69) is 56.2 Å². The number of hydrogen-bond acceptors (Lipinski definition) is 5. The molecule has 0 saturated heterocycles. The maximum absolute atomic E-state index is 4.41. The van der Waals surface area contributed by atoms with Gasteiger partial charge in [-0.1, -0.05) is 36.4 Å². The van der Waals surface area contributed by atoms with Crippen molar-refractivity contribution in [3.63, 3.8) is 0 Å². The Morgan fingerprint density at radius 1 is 1.04 bits per heavy atom. The van der Waals surface area contributed by atoms with Gasteiger partial charge in [0, 0.05) is 0 Å². The fourth-order valence-electron chi connectivity index (χ4n) is 2.41. The summed E-state index contributed by atoms with van der Waals surface area (Å²) < 4.78 is 1.60. The van der Waals surface area contributed by atoms with Crippen LogP contribution in [0.15, 0.2) is 66.0 Å². The predicted molar refractivity (Wildman–Crippen MR) is 90.6 cm³/mol. The summed E-state index contributed by atoms with van der Waals surface area (Å²) in [6.07, 6.45) is 1.56. The van der Waals surface area contributed by atoms with Crippen LogP contribution in [0.4, 0.5) is 5.82 Å². The molecule has 2 aromatic carbocycles. The third-order valence-corrected chi connectivity index (χ3v) is 3.67. The molecule has 6 nitrogen and oxygen atoms in total. The first-order valence-corrected chi connectivity index (χ1v) is 7.26. The van der Waals surface area contributed by atoms with E-state index in [0.29, 0.717) is 11.5 Å². The van der Waals surface area contributed by atoms with Crippen molar-refractivity contribution in [3.05, 3.63) is 66.5 Å². The molecule has 0 aliphatic heterocycles. The van der Waals surface area contributed by atoms with Crippen LogP contribution in [0.2, 0.25) is 0 Å². The van der Waals surface area contributed by atoms with Gasteiger partial charge in [-0.15, -0.1) is 15.3 Å². The average molecular weight is 302 g/mol. The van der Waals surface area contributed by atoms with Crippen molar-refractivity contribution in [2.24, 2.45) is 5.10 Å². The number of fused-ring (bicyclic) bond motifs is 2. The fourth-order valence-corrected chi connectivity index (χ4v) is 2.41. The third kappa shape index (κ3) is 2.62. The molecule has 0 aliphatic carbocycles. The lowest BCUT2D eigenvalue weighted by Gasteiger charge is -2.05. The molecule has 0 atom stereocenters. The van der Waals surface area contributed by atoms with Crippen LogP contribution in [-0.4, -0.2) is 25.5 Å². The van der Waals surface area contributed by atoms with Crippen LogP contribution in [0.25, 0.3) is 16.4 Å². The molecule has 2 aromatic heterocycles. The Balaban J connectivity index is 1.61. The number of anilines is 1. The van der Waals surface area contributed by atoms with E-state index in [4.69, 9.17) is 0 Å². The molecule has 4 rings (SSSR count). The SMILES string of the molecule is C/C(=N\Nc1ccc2nncn2n1)c1ccc2ccccc2c1. The Bertz CT molecular complexity index is 1020. The molecule has 2 heterocycles. The van der Waals surface area contributed by atoms with Crippen molar-refractivity contribution in [2.75, 3.05) is 5.43 Å². The van der Waals surface area contributed by atoms with E-state index < -0.39 is 0 Å². The van der Waals surface area contributed by atoms with Gasteiger partial charge in [0.15, 0.2) is 11.5 Å². The monoisotopic (exact) mass is 302 g/mol. The molecule has 0 fully saturated rings. The fraction of sp³-hybridized carbons (Fsp3) is 0.0588. The van der Waals surface area contributed by atoms with E-state index in [1.807, 2.05) is 31.2 Å². The van der Waals surface area contributed by atoms with Crippen molar-refractivity contribution in [1.82, 2.24) is 19.8 Å².